The van der Waals surface area contributed by atoms with E-state index in [2.05, 4.69) is 10.8 Å². The van der Waals surface area contributed by atoms with E-state index in [1.165, 1.54) is 12.1 Å². The number of hydrogen-bond donors (Lipinski definition) is 0. The molecule has 0 spiro atoms. The number of hydrogen-bond acceptors (Lipinski definition) is 2. The molecule has 0 atom stereocenters. The molecule has 0 amide bonds. The van der Waals surface area contributed by atoms with Crippen LogP contribution in [0.2, 0.25) is 0 Å². The summed E-state index contributed by atoms with van der Waals surface area (Å²) in [7, 11) is 0. The first kappa shape index (κ1) is 14.5. The maximum absolute atomic E-state index is 12.1. The largest absolute Gasteiger partial charge is 0.573 e. The highest BCUT2D eigenvalue weighted by Crippen LogP contribution is 2.48. The molecule has 2 aromatic rings. The summed E-state index contributed by atoms with van der Waals surface area (Å²) in [4.78, 5) is 0. The van der Waals surface area contributed by atoms with Gasteiger partial charge in [0.05, 0.1) is 11.5 Å². The minimum Gasteiger partial charge on any atom is -0.406 e. The molecule has 1 fully saturated rings. The second-order valence-corrected chi connectivity index (χ2v) is 5.35. The SMILES string of the molecule is N#CC1(c2cccc(-c3ccc(OC(F)(F)F)cc3)c2)CC1. The lowest BCUT2D eigenvalue weighted by molar-refractivity contribution is -0.274. The minimum absolute atomic E-state index is 0.247. The van der Waals surface area contributed by atoms with E-state index >= 15 is 0 Å². The highest BCUT2D eigenvalue weighted by molar-refractivity contribution is 5.66. The summed E-state index contributed by atoms with van der Waals surface area (Å²) in [5.74, 6) is -0.247. The molecule has 112 valence electrons. The van der Waals surface area contributed by atoms with E-state index in [4.69, 9.17) is 0 Å². The molecule has 1 aliphatic carbocycles. The first-order chi connectivity index (χ1) is 10.4. The molecular formula is C17H12F3NO. The Morgan fingerprint density at radius 2 is 1.68 bits per heavy atom. The maximum Gasteiger partial charge on any atom is 0.573 e. The standard InChI is InChI=1S/C17H12F3NO/c18-17(19,20)22-15-6-4-12(5-7-15)13-2-1-3-14(10-13)16(11-21)8-9-16/h1-7,10H,8-9H2. The molecular weight excluding hydrogens is 291 g/mol. The van der Waals surface area contributed by atoms with Crippen molar-refractivity contribution in [1.29, 1.82) is 5.26 Å². The molecule has 0 saturated heterocycles. The van der Waals surface area contributed by atoms with Crippen molar-refractivity contribution in [3.05, 3.63) is 54.1 Å². The van der Waals surface area contributed by atoms with Crippen LogP contribution in [0.25, 0.3) is 11.1 Å². The lowest BCUT2D eigenvalue weighted by Gasteiger charge is -2.11. The summed E-state index contributed by atoms with van der Waals surface area (Å²) in [6, 6.07) is 15.6. The molecule has 0 aromatic heterocycles. The second kappa shape index (κ2) is 5.06. The summed E-state index contributed by atoms with van der Waals surface area (Å²) < 4.78 is 40.3. The molecule has 0 unspecified atom stereocenters. The molecule has 5 heteroatoms. The Kier molecular flexibility index (Phi) is 3.32. The third-order valence-corrected chi connectivity index (χ3v) is 3.80. The van der Waals surface area contributed by atoms with Gasteiger partial charge in [-0.05, 0) is 47.7 Å². The van der Waals surface area contributed by atoms with Crippen LogP contribution in [0.1, 0.15) is 18.4 Å². The van der Waals surface area contributed by atoms with Gasteiger partial charge in [0.1, 0.15) is 5.75 Å². The van der Waals surface area contributed by atoms with Gasteiger partial charge in [-0.15, -0.1) is 13.2 Å². The van der Waals surface area contributed by atoms with Gasteiger partial charge >= 0.3 is 6.36 Å². The van der Waals surface area contributed by atoms with Crippen molar-refractivity contribution < 1.29 is 17.9 Å². The number of ether oxygens (including phenoxy) is 1. The van der Waals surface area contributed by atoms with Crippen molar-refractivity contribution in [1.82, 2.24) is 0 Å². The van der Waals surface area contributed by atoms with Crippen molar-refractivity contribution in [3.8, 4) is 22.9 Å². The third-order valence-electron chi connectivity index (χ3n) is 3.80. The molecule has 2 aromatic carbocycles. The van der Waals surface area contributed by atoms with Gasteiger partial charge < -0.3 is 4.74 Å². The fourth-order valence-corrected chi connectivity index (χ4v) is 2.44. The number of nitrogens with zero attached hydrogens (tertiary/aromatic N) is 1. The normalized spacial score (nSPS) is 15.9. The van der Waals surface area contributed by atoms with Crippen molar-refractivity contribution >= 4 is 0 Å². The van der Waals surface area contributed by atoms with Gasteiger partial charge in [-0.1, -0.05) is 30.3 Å². The van der Waals surface area contributed by atoms with Gasteiger partial charge in [0, 0.05) is 0 Å². The van der Waals surface area contributed by atoms with Gasteiger partial charge in [0.2, 0.25) is 0 Å². The van der Waals surface area contributed by atoms with Gasteiger partial charge in [0.15, 0.2) is 0 Å². The van der Waals surface area contributed by atoms with Crippen LogP contribution in [0, 0.1) is 11.3 Å². The van der Waals surface area contributed by atoms with E-state index < -0.39 is 6.36 Å². The second-order valence-electron chi connectivity index (χ2n) is 5.35. The van der Waals surface area contributed by atoms with Crippen molar-refractivity contribution in [2.45, 2.75) is 24.6 Å². The Morgan fingerprint density at radius 1 is 1.00 bits per heavy atom. The summed E-state index contributed by atoms with van der Waals surface area (Å²) in [5, 5.41) is 9.24. The first-order valence-electron chi connectivity index (χ1n) is 6.80. The quantitative estimate of drug-likeness (QED) is 0.815. The van der Waals surface area contributed by atoms with Crippen molar-refractivity contribution in [2.75, 3.05) is 0 Å². The van der Waals surface area contributed by atoms with Crippen LogP contribution < -0.4 is 4.74 Å². The number of alkyl halides is 3. The highest BCUT2D eigenvalue weighted by atomic mass is 19.4. The number of benzene rings is 2. The monoisotopic (exact) mass is 303 g/mol. The molecule has 0 radical (unpaired) electrons. The molecule has 0 aliphatic heterocycles. The molecule has 0 bridgehead atoms. The zero-order valence-electron chi connectivity index (χ0n) is 11.5. The van der Waals surface area contributed by atoms with Crippen molar-refractivity contribution in [3.63, 3.8) is 0 Å². The van der Waals surface area contributed by atoms with Crippen LogP contribution in [-0.4, -0.2) is 6.36 Å². The summed E-state index contributed by atoms with van der Waals surface area (Å²) >= 11 is 0. The lowest BCUT2D eigenvalue weighted by Crippen LogP contribution is -2.16. The predicted octanol–water partition coefficient (Wildman–Crippen LogP) is 4.81. The number of rotatable bonds is 3. The van der Waals surface area contributed by atoms with E-state index in [0.717, 1.165) is 29.5 Å². The van der Waals surface area contributed by atoms with E-state index in [9.17, 15) is 18.4 Å². The maximum atomic E-state index is 12.1. The lowest BCUT2D eigenvalue weighted by atomic mass is 9.94. The topological polar surface area (TPSA) is 33.0 Å². The average Bonchev–Trinajstić information content (AvgIpc) is 3.28. The van der Waals surface area contributed by atoms with Crippen LogP contribution in [0.4, 0.5) is 13.2 Å². The van der Waals surface area contributed by atoms with Crippen LogP contribution in [0.3, 0.4) is 0 Å². The van der Waals surface area contributed by atoms with Crippen LogP contribution in [0.5, 0.6) is 5.75 Å². The zero-order valence-corrected chi connectivity index (χ0v) is 11.5. The van der Waals surface area contributed by atoms with E-state index in [1.54, 1.807) is 12.1 Å². The molecule has 0 heterocycles. The molecule has 0 N–H and O–H groups in total. The summed E-state index contributed by atoms with van der Waals surface area (Å²) in [6.45, 7) is 0. The van der Waals surface area contributed by atoms with Crippen LogP contribution >= 0.6 is 0 Å². The minimum atomic E-state index is -4.69. The third kappa shape index (κ3) is 2.91. The Morgan fingerprint density at radius 3 is 2.23 bits per heavy atom. The first-order valence-corrected chi connectivity index (χ1v) is 6.80. The predicted molar refractivity (Wildman–Crippen MR) is 75.1 cm³/mol. The van der Waals surface area contributed by atoms with Crippen molar-refractivity contribution in [2.24, 2.45) is 0 Å². The summed E-state index contributed by atoms with van der Waals surface area (Å²) in [5.41, 5.74) is 2.24. The summed E-state index contributed by atoms with van der Waals surface area (Å²) in [6.07, 6.45) is -2.98. The van der Waals surface area contributed by atoms with Gasteiger partial charge in [-0.3, -0.25) is 0 Å². The zero-order chi connectivity index (χ0) is 15.8. The molecule has 1 saturated carbocycles. The average molecular weight is 303 g/mol. The Bertz CT molecular complexity index is 725. The molecule has 22 heavy (non-hydrogen) atoms. The number of halogens is 3. The van der Waals surface area contributed by atoms with Gasteiger partial charge in [0.25, 0.3) is 0 Å². The van der Waals surface area contributed by atoms with E-state index in [1.807, 2.05) is 24.3 Å². The van der Waals surface area contributed by atoms with Gasteiger partial charge in [-0.25, -0.2) is 0 Å². The van der Waals surface area contributed by atoms with Crippen LogP contribution in [0.15, 0.2) is 48.5 Å². The highest BCUT2D eigenvalue weighted by Gasteiger charge is 2.44. The Labute approximate surface area is 125 Å². The Hall–Kier alpha value is -2.48. The van der Waals surface area contributed by atoms with E-state index in [0.29, 0.717) is 0 Å². The van der Waals surface area contributed by atoms with E-state index in [-0.39, 0.29) is 11.2 Å². The van der Waals surface area contributed by atoms with Crippen LogP contribution in [-0.2, 0) is 5.41 Å². The smallest absolute Gasteiger partial charge is 0.406 e. The fraction of sp³-hybridized carbons (Fsp3) is 0.235. The fourth-order valence-electron chi connectivity index (χ4n) is 2.44. The molecule has 1 aliphatic rings. The molecule has 2 nitrogen and oxygen atoms in total. The Balaban J connectivity index is 1.86. The van der Waals surface area contributed by atoms with Gasteiger partial charge in [-0.2, -0.15) is 5.26 Å². The number of nitriles is 1. The molecule has 3 rings (SSSR count).